The Bertz CT molecular complexity index is 1390. The third-order valence-corrected chi connectivity index (χ3v) is 8.76. The summed E-state index contributed by atoms with van der Waals surface area (Å²) in [5, 5.41) is 8.51. The van der Waals surface area contributed by atoms with Crippen molar-refractivity contribution < 1.29 is 28.0 Å². The van der Waals surface area contributed by atoms with Crippen molar-refractivity contribution in [3.63, 3.8) is 0 Å². The minimum Gasteiger partial charge on any atom is -0.325 e. The van der Waals surface area contributed by atoms with Crippen molar-refractivity contribution in [2.75, 3.05) is 25.5 Å². The van der Waals surface area contributed by atoms with Crippen LogP contribution in [0.1, 0.15) is 48.4 Å². The van der Waals surface area contributed by atoms with E-state index in [2.05, 4.69) is 16.0 Å². The number of nitrogens with zero attached hydrogens (tertiary/aromatic N) is 2. The first-order chi connectivity index (χ1) is 18.6. The lowest BCUT2D eigenvalue weighted by Gasteiger charge is -2.44. The Labute approximate surface area is 223 Å². The van der Waals surface area contributed by atoms with Crippen LogP contribution in [0, 0.1) is 11.6 Å². The zero-order valence-corrected chi connectivity index (χ0v) is 21.5. The number of benzene rings is 2. The number of piperidine rings is 1. The number of fused-ring (bicyclic) bond motifs is 1. The van der Waals surface area contributed by atoms with Gasteiger partial charge in [-0.3, -0.25) is 19.7 Å². The second-order valence-electron chi connectivity index (χ2n) is 11.0. The Morgan fingerprint density at radius 3 is 2.46 bits per heavy atom. The Morgan fingerprint density at radius 1 is 1.05 bits per heavy atom. The SMILES string of the molecule is CN1C(=O)NC(=O)[C@@]12Cc1ccc(NC(=O)CN3C(=O)[C@@]4(CCCN4)CC[C@H]3c3cc(F)cc(F)c3)cc1C2. The van der Waals surface area contributed by atoms with Crippen LogP contribution in [-0.4, -0.2) is 64.8 Å². The van der Waals surface area contributed by atoms with Gasteiger partial charge in [0.25, 0.3) is 5.91 Å². The predicted octanol–water partition coefficient (Wildman–Crippen LogP) is 2.41. The van der Waals surface area contributed by atoms with Crippen molar-refractivity contribution in [3.8, 4) is 0 Å². The molecule has 2 spiro atoms. The number of likely N-dealkylation sites (tertiary alicyclic amines) is 1. The summed E-state index contributed by atoms with van der Waals surface area (Å²) in [6, 6.07) is 7.46. The van der Waals surface area contributed by atoms with Crippen LogP contribution in [0.15, 0.2) is 36.4 Å². The van der Waals surface area contributed by atoms with Gasteiger partial charge in [-0.2, -0.15) is 0 Å². The van der Waals surface area contributed by atoms with Crippen LogP contribution in [0.4, 0.5) is 19.3 Å². The van der Waals surface area contributed by atoms with E-state index in [1.807, 2.05) is 6.07 Å². The number of carbonyl (C=O) groups excluding carboxylic acids is 4. The highest BCUT2D eigenvalue weighted by Crippen LogP contribution is 2.41. The van der Waals surface area contributed by atoms with Crippen LogP contribution in [0.25, 0.3) is 0 Å². The van der Waals surface area contributed by atoms with Crippen molar-refractivity contribution in [1.82, 2.24) is 20.4 Å². The van der Waals surface area contributed by atoms with E-state index in [-0.39, 0.29) is 18.4 Å². The second kappa shape index (κ2) is 9.11. The first kappa shape index (κ1) is 25.4. The highest BCUT2D eigenvalue weighted by atomic mass is 19.1. The molecule has 0 saturated carbocycles. The summed E-state index contributed by atoms with van der Waals surface area (Å²) < 4.78 is 28.1. The third kappa shape index (κ3) is 4.15. The molecule has 39 heavy (non-hydrogen) atoms. The average Bonchev–Trinajstić information content (AvgIpc) is 3.56. The van der Waals surface area contributed by atoms with Gasteiger partial charge in [-0.15, -0.1) is 0 Å². The van der Waals surface area contributed by atoms with Crippen molar-refractivity contribution in [3.05, 3.63) is 64.7 Å². The van der Waals surface area contributed by atoms with E-state index < -0.39 is 40.7 Å². The molecule has 0 unspecified atom stereocenters. The zero-order chi connectivity index (χ0) is 27.5. The first-order valence-electron chi connectivity index (χ1n) is 13.1. The Balaban J connectivity index is 1.22. The van der Waals surface area contributed by atoms with Gasteiger partial charge in [0.2, 0.25) is 11.8 Å². The fraction of sp³-hybridized carbons (Fsp3) is 0.429. The second-order valence-corrected chi connectivity index (χ2v) is 11.0. The van der Waals surface area contributed by atoms with E-state index in [0.717, 1.165) is 23.6 Å². The maximum atomic E-state index is 14.1. The topological polar surface area (TPSA) is 111 Å². The van der Waals surface area contributed by atoms with Crippen molar-refractivity contribution in [2.45, 2.75) is 55.6 Å². The number of imide groups is 1. The van der Waals surface area contributed by atoms with Crippen molar-refractivity contribution in [2.24, 2.45) is 0 Å². The number of carbonyl (C=O) groups is 4. The number of hydrogen-bond acceptors (Lipinski definition) is 5. The normalized spacial score (nSPS) is 28.0. The molecule has 3 saturated heterocycles. The van der Waals surface area contributed by atoms with Gasteiger partial charge in [-0.1, -0.05) is 6.07 Å². The molecule has 2 aromatic carbocycles. The van der Waals surface area contributed by atoms with Gasteiger partial charge in [0.1, 0.15) is 23.7 Å². The van der Waals surface area contributed by atoms with Crippen LogP contribution in [0.3, 0.4) is 0 Å². The number of hydrogen-bond donors (Lipinski definition) is 3. The molecular formula is C28H29F2N5O4. The molecule has 0 bridgehead atoms. The number of rotatable bonds is 4. The largest absolute Gasteiger partial charge is 0.325 e. The summed E-state index contributed by atoms with van der Waals surface area (Å²) >= 11 is 0. The molecule has 6 rings (SSSR count). The number of anilines is 1. The standard InChI is InChI=1S/C28H29F2N5O4/c1-34-26(39)33-24(37)28(34)13-16-3-4-21(11-18(16)14-28)32-23(36)15-35-22(17-9-19(29)12-20(30)10-17)5-7-27(25(35)38)6-2-8-31-27/h3-4,9-12,22,31H,2,5-8,13-15H2,1H3,(H,32,36)(H,33,37,39)/t22-,27+,28-/m0/s1. The lowest BCUT2D eigenvalue weighted by Crippen LogP contribution is -2.60. The first-order valence-corrected chi connectivity index (χ1v) is 13.1. The van der Waals surface area contributed by atoms with E-state index in [1.165, 1.54) is 21.9 Å². The van der Waals surface area contributed by atoms with E-state index in [4.69, 9.17) is 0 Å². The number of nitrogens with one attached hydrogen (secondary N) is 3. The Morgan fingerprint density at radius 2 is 1.79 bits per heavy atom. The maximum absolute atomic E-state index is 14.1. The molecular weight excluding hydrogens is 508 g/mol. The van der Waals surface area contributed by atoms with Gasteiger partial charge < -0.3 is 20.4 Å². The number of halogens is 2. The quantitative estimate of drug-likeness (QED) is 0.519. The zero-order valence-electron chi connectivity index (χ0n) is 21.5. The summed E-state index contributed by atoms with van der Waals surface area (Å²) in [5.41, 5.74) is 0.834. The predicted molar refractivity (Wildman–Crippen MR) is 137 cm³/mol. The molecule has 3 heterocycles. The van der Waals surface area contributed by atoms with Gasteiger partial charge in [0.05, 0.1) is 11.6 Å². The smallest absolute Gasteiger partial charge is 0.324 e. The summed E-state index contributed by atoms with van der Waals surface area (Å²) in [7, 11) is 1.59. The van der Waals surface area contributed by atoms with Gasteiger partial charge in [-0.25, -0.2) is 13.6 Å². The van der Waals surface area contributed by atoms with Crippen molar-refractivity contribution in [1.29, 1.82) is 0 Å². The van der Waals surface area contributed by atoms with Gasteiger partial charge in [0.15, 0.2) is 0 Å². The molecule has 0 radical (unpaired) electrons. The van der Waals surface area contributed by atoms with E-state index in [0.29, 0.717) is 49.9 Å². The minimum absolute atomic E-state index is 0.244. The van der Waals surface area contributed by atoms with Crippen molar-refractivity contribution >= 4 is 29.4 Å². The number of amides is 5. The van der Waals surface area contributed by atoms with E-state index >= 15 is 0 Å². The van der Waals surface area contributed by atoms with Crippen LogP contribution in [0.5, 0.6) is 0 Å². The summed E-state index contributed by atoms with van der Waals surface area (Å²) in [6.45, 7) is 0.409. The molecule has 4 aliphatic rings. The molecule has 2 aromatic rings. The summed E-state index contributed by atoms with van der Waals surface area (Å²) in [5.74, 6) is -2.50. The number of urea groups is 1. The van der Waals surface area contributed by atoms with Crippen LogP contribution in [-0.2, 0) is 27.2 Å². The molecule has 204 valence electrons. The van der Waals surface area contributed by atoms with E-state index in [9.17, 15) is 28.0 Å². The van der Waals surface area contributed by atoms with Gasteiger partial charge >= 0.3 is 6.03 Å². The maximum Gasteiger partial charge on any atom is 0.324 e. The third-order valence-electron chi connectivity index (χ3n) is 8.76. The molecule has 11 heteroatoms. The molecule has 9 nitrogen and oxygen atoms in total. The molecule has 3 aliphatic heterocycles. The molecule has 3 N–H and O–H groups in total. The minimum atomic E-state index is -0.974. The van der Waals surface area contributed by atoms with Gasteiger partial charge in [0, 0.05) is 31.6 Å². The Kier molecular flexibility index (Phi) is 5.94. The summed E-state index contributed by atoms with van der Waals surface area (Å²) in [4.78, 5) is 54.4. The lowest BCUT2D eigenvalue weighted by atomic mass is 9.81. The average molecular weight is 538 g/mol. The van der Waals surface area contributed by atoms with Crippen LogP contribution < -0.4 is 16.0 Å². The summed E-state index contributed by atoms with van der Waals surface area (Å²) in [6.07, 6.45) is 3.17. The number of likely N-dealkylation sites (N-methyl/N-ethyl adjacent to an activating group) is 1. The molecule has 3 fully saturated rings. The fourth-order valence-electron chi connectivity index (χ4n) is 6.69. The highest BCUT2D eigenvalue weighted by Gasteiger charge is 2.54. The molecule has 1 aliphatic carbocycles. The fourth-order valence-corrected chi connectivity index (χ4v) is 6.69. The van der Waals surface area contributed by atoms with Crippen LogP contribution >= 0.6 is 0 Å². The molecule has 3 atom stereocenters. The molecule has 0 aromatic heterocycles. The Hall–Kier alpha value is -3.86. The van der Waals surface area contributed by atoms with E-state index in [1.54, 1.807) is 19.2 Å². The van der Waals surface area contributed by atoms with Gasteiger partial charge in [-0.05, 0) is 73.2 Å². The highest BCUT2D eigenvalue weighted by molar-refractivity contribution is 6.07. The lowest BCUT2D eigenvalue weighted by molar-refractivity contribution is -0.147. The molecule has 5 amide bonds. The monoisotopic (exact) mass is 537 g/mol. The van der Waals surface area contributed by atoms with Crippen LogP contribution in [0.2, 0.25) is 0 Å².